The van der Waals surface area contributed by atoms with Crippen LogP contribution in [0.25, 0.3) is 0 Å². The number of nitrogens with one attached hydrogen (secondary N) is 1. The van der Waals surface area contributed by atoms with Crippen LogP contribution in [0.3, 0.4) is 0 Å². The Labute approximate surface area is 124 Å². The van der Waals surface area contributed by atoms with Crippen molar-refractivity contribution < 1.29 is 14.3 Å². The fourth-order valence-electron chi connectivity index (χ4n) is 1.55. The van der Waals surface area contributed by atoms with Crippen molar-refractivity contribution in [1.82, 2.24) is 5.32 Å². The third-order valence-corrected chi connectivity index (χ3v) is 3.92. The van der Waals surface area contributed by atoms with Crippen molar-refractivity contribution >= 4 is 5.78 Å². The number of hydrogen-bond donors (Lipinski definition) is 1. The summed E-state index contributed by atoms with van der Waals surface area (Å²) in [6, 6.07) is 0. The van der Waals surface area contributed by atoms with Crippen LogP contribution in [0, 0.1) is 0 Å². The topological polar surface area (TPSA) is 47.6 Å². The first-order valence-corrected chi connectivity index (χ1v) is 7.37. The van der Waals surface area contributed by atoms with Crippen LogP contribution in [0.2, 0.25) is 0 Å². The van der Waals surface area contributed by atoms with Gasteiger partial charge in [0.25, 0.3) is 0 Å². The Balaban J connectivity index is 4.05. The minimum atomic E-state index is -0.464. The highest BCUT2D eigenvalue weighted by atomic mass is 16.5. The van der Waals surface area contributed by atoms with Crippen molar-refractivity contribution in [2.24, 2.45) is 0 Å². The Bertz CT molecular complexity index is 309. The lowest BCUT2D eigenvalue weighted by Crippen LogP contribution is -2.47. The molecule has 0 aliphatic carbocycles. The number of ketones is 1. The smallest absolute Gasteiger partial charge is 0.149 e. The van der Waals surface area contributed by atoms with Gasteiger partial charge < -0.3 is 14.8 Å². The highest BCUT2D eigenvalue weighted by Crippen LogP contribution is 2.19. The molecule has 0 bridgehead atoms. The monoisotopic (exact) mass is 287 g/mol. The average molecular weight is 287 g/mol. The van der Waals surface area contributed by atoms with Gasteiger partial charge in [-0.3, -0.25) is 4.79 Å². The molecule has 0 radical (unpaired) electrons. The normalized spacial score (nSPS) is 13.6. The van der Waals surface area contributed by atoms with Gasteiger partial charge in [0, 0.05) is 7.11 Å². The van der Waals surface area contributed by atoms with E-state index in [2.05, 4.69) is 33.0 Å². The van der Waals surface area contributed by atoms with E-state index in [-0.39, 0.29) is 17.0 Å². The predicted molar refractivity (Wildman–Crippen MR) is 83.1 cm³/mol. The van der Waals surface area contributed by atoms with Crippen molar-refractivity contribution in [2.45, 2.75) is 78.0 Å². The molecule has 0 aliphatic rings. The zero-order valence-electron chi connectivity index (χ0n) is 14.6. The first-order valence-electron chi connectivity index (χ1n) is 7.37. The zero-order chi connectivity index (χ0) is 16.0. The SMILES string of the molecule is COC(C)(C)CCOC(C)(C)CCNC(C)(C)C(C)=O. The fraction of sp³-hybridized carbons (Fsp3) is 0.938. The van der Waals surface area contributed by atoms with Gasteiger partial charge in [0.15, 0.2) is 0 Å². The molecule has 0 atom stereocenters. The molecule has 120 valence electrons. The molecule has 0 rings (SSSR count). The lowest BCUT2D eigenvalue weighted by atomic mass is 9.98. The molecule has 0 aromatic carbocycles. The highest BCUT2D eigenvalue weighted by Gasteiger charge is 2.25. The third-order valence-electron chi connectivity index (χ3n) is 3.92. The van der Waals surface area contributed by atoms with Gasteiger partial charge in [0.05, 0.1) is 23.3 Å². The van der Waals surface area contributed by atoms with Crippen molar-refractivity contribution in [3.05, 3.63) is 0 Å². The second-order valence-electron chi connectivity index (χ2n) is 7.18. The predicted octanol–water partition coefficient (Wildman–Crippen LogP) is 2.94. The molecule has 0 spiro atoms. The van der Waals surface area contributed by atoms with E-state index in [1.807, 2.05) is 13.8 Å². The van der Waals surface area contributed by atoms with E-state index >= 15 is 0 Å². The molecule has 0 fully saturated rings. The van der Waals surface area contributed by atoms with Crippen molar-refractivity contribution in [3.63, 3.8) is 0 Å². The van der Waals surface area contributed by atoms with E-state index in [0.29, 0.717) is 6.61 Å². The van der Waals surface area contributed by atoms with Crippen LogP contribution in [0.1, 0.15) is 61.3 Å². The van der Waals surface area contributed by atoms with Crippen LogP contribution in [0.5, 0.6) is 0 Å². The number of methoxy groups -OCH3 is 1. The average Bonchev–Trinajstić information content (AvgIpc) is 2.27. The number of rotatable bonds is 10. The molecule has 0 unspecified atom stereocenters. The van der Waals surface area contributed by atoms with Crippen LogP contribution >= 0.6 is 0 Å². The van der Waals surface area contributed by atoms with Gasteiger partial charge >= 0.3 is 0 Å². The van der Waals surface area contributed by atoms with Crippen LogP contribution in [0.15, 0.2) is 0 Å². The molecule has 0 aromatic heterocycles. The van der Waals surface area contributed by atoms with Crippen molar-refractivity contribution in [1.29, 1.82) is 0 Å². The van der Waals surface area contributed by atoms with Gasteiger partial charge in [-0.05, 0) is 67.9 Å². The van der Waals surface area contributed by atoms with E-state index in [1.54, 1.807) is 14.0 Å². The number of ether oxygens (including phenoxy) is 2. The molecule has 1 N–H and O–H groups in total. The molecule has 4 heteroatoms. The van der Waals surface area contributed by atoms with Crippen LogP contribution < -0.4 is 5.32 Å². The fourth-order valence-corrected chi connectivity index (χ4v) is 1.55. The molecule has 0 saturated heterocycles. The summed E-state index contributed by atoms with van der Waals surface area (Å²) in [6.07, 6.45) is 1.72. The molecule has 0 saturated carbocycles. The molecule has 0 aromatic rings. The Kier molecular flexibility index (Phi) is 7.36. The van der Waals surface area contributed by atoms with Gasteiger partial charge in [-0.25, -0.2) is 0 Å². The summed E-state index contributed by atoms with van der Waals surface area (Å²) in [5.41, 5.74) is -0.817. The summed E-state index contributed by atoms with van der Waals surface area (Å²) < 4.78 is 11.3. The summed E-state index contributed by atoms with van der Waals surface area (Å²) in [5, 5.41) is 3.28. The van der Waals surface area contributed by atoms with Gasteiger partial charge in [0.1, 0.15) is 5.78 Å². The lowest BCUT2D eigenvalue weighted by Gasteiger charge is -2.30. The van der Waals surface area contributed by atoms with Gasteiger partial charge in [-0.2, -0.15) is 0 Å². The molecule has 4 nitrogen and oxygen atoms in total. The second kappa shape index (κ2) is 7.53. The van der Waals surface area contributed by atoms with Crippen LogP contribution in [-0.4, -0.2) is 42.8 Å². The maximum absolute atomic E-state index is 11.4. The van der Waals surface area contributed by atoms with Gasteiger partial charge in [-0.15, -0.1) is 0 Å². The minimum absolute atomic E-state index is 0.148. The second-order valence-corrected chi connectivity index (χ2v) is 7.18. The Morgan fingerprint density at radius 1 is 1.00 bits per heavy atom. The van der Waals surface area contributed by atoms with Crippen LogP contribution in [-0.2, 0) is 14.3 Å². The molecule has 0 heterocycles. The quantitative estimate of drug-likeness (QED) is 0.671. The minimum Gasteiger partial charge on any atom is -0.379 e. The largest absolute Gasteiger partial charge is 0.379 e. The zero-order valence-corrected chi connectivity index (χ0v) is 14.6. The number of hydrogen-bond acceptors (Lipinski definition) is 4. The Morgan fingerprint density at radius 2 is 1.55 bits per heavy atom. The third kappa shape index (κ3) is 7.98. The number of carbonyl (C=O) groups is 1. The molecule has 0 aliphatic heterocycles. The van der Waals surface area contributed by atoms with Gasteiger partial charge in [0.2, 0.25) is 0 Å². The molecule has 0 amide bonds. The summed E-state index contributed by atoms with van der Waals surface area (Å²) in [5.74, 6) is 0.151. The van der Waals surface area contributed by atoms with E-state index < -0.39 is 5.54 Å². The Hall–Kier alpha value is -0.450. The van der Waals surface area contributed by atoms with Crippen molar-refractivity contribution in [3.8, 4) is 0 Å². The van der Waals surface area contributed by atoms with E-state index in [9.17, 15) is 4.79 Å². The standard InChI is InChI=1S/C16H33NO3/c1-13(18)16(6,7)17-11-9-15(4,5)20-12-10-14(2,3)19-8/h17H,9-12H2,1-8H3. The number of Topliss-reactive ketones (excluding diaryl/α,β-unsaturated/α-hetero) is 1. The molecule has 20 heavy (non-hydrogen) atoms. The Morgan fingerprint density at radius 3 is 2.00 bits per heavy atom. The number of carbonyl (C=O) groups excluding carboxylic acids is 1. The first kappa shape index (κ1) is 19.6. The highest BCUT2D eigenvalue weighted by molar-refractivity contribution is 5.85. The van der Waals surface area contributed by atoms with Crippen molar-refractivity contribution in [2.75, 3.05) is 20.3 Å². The molecular formula is C16H33NO3. The first-order chi connectivity index (χ1) is 8.92. The molecular weight excluding hydrogens is 254 g/mol. The summed E-state index contributed by atoms with van der Waals surface area (Å²) in [4.78, 5) is 11.4. The van der Waals surface area contributed by atoms with Gasteiger partial charge in [-0.1, -0.05) is 0 Å². The summed E-state index contributed by atoms with van der Waals surface area (Å²) in [7, 11) is 1.72. The van der Waals surface area contributed by atoms with Crippen LogP contribution in [0.4, 0.5) is 0 Å². The lowest BCUT2D eigenvalue weighted by molar-refractivity contribution is -0.122. The summed E-state index contributed by atoms with van der Waals surface area (Å²) in [6.45, 7) is 15.1. The van der Waals surface area contributed by atoms with E-state index in [1.165, 1.54) is 0 Å². The maximum atomic E-state index is 11.4. The van der Waals surface area contributed by atoms with E-state index in [0.717, 1.165) is 19.4 Å². The summed E-state index contributed by atoms with van der Waals surface area (Å²) >= 11 is 0. The van der Waals surface area contributed by atoms with E-state index in [4.69, 9.17) is 9.47 Å². The maximum Gasteiger partial charge on any atom is 0.149 e.